The molecule has 32 heavy (non-hydrogen) atoms. The van der Waals surface area contributed by atoms with Gasteiger partial charge in [-0.1, -0.05) is 18.2 Å². The quantitative estimate of drug-likeness (QED) is 0.422. The molecule has 0 N–H and O–H groups in total. The standard InChI is InChI=1S/C24H24N6OS/c1-2-6-19-16(4-1)18(14-29(19)9-8-28-10-12-31-13-11-28)22-26-23-21-17-5-3-7-20(17)32-24(21)25-15-30(23)27-22/h1-2,4,6,14-15H,3,5,7-13H2. The SMILES string of the molecule is c1ccc2c(c1)c(-c1nc3c4c5c(sc4ncn3n1)CCC5)cn2CCN1CCOCC1. The normalized spacial score (nSPS) is 17.1. The minimum Gasteiger partial charge on any atom is -0.379 e. The molecule has 0 atom stereocenters. The molecule has 5 heterocycles. The maximum Gasteiger partial charge on any atom is 0.184 e. The Bertz CT molecular complexity index is 1460. The maximum atomic E-state index is 5.49. The lowest BCUT2D eigenvalue weighted by atomic mass is 10.1. The molecular weight excluding hydrogens is 420 g/mol. The van der Waals surface area contributed by atoms with Crippen molar-refractivity contribution in [1.82, 2.24) is 29.0 Å². The second-order valence-corrected chi connectivity index (χ2v) is 9.78. The number of nitrogens with zero attached hydrogens (tertiary/aromatic N) is 6. The number of ether oxygens (including phenoxy) is 1. The molecule has 1 fully saturated rings. The number of benzene rings is 1. The summed E-state index contributed by atoms with van der Waals surface area (Å²) in [6.45, 7) is 5.64. The van der Waals surface area contributed by atoms with Gasteiger partial charge in [0.2, 0.25) is 0 Å². The summed E-state index contributed by atoms with van der Waals surface area (Å²) in [6.07, 6.45) is 7.57. The van der Waals surface area contributed by atoms with Gasteiger partial charge in [0.15, 0.2) is 11.5 Å². The molecule has 1 aromatic carbocycles. The highest BCUT2D eigenvalue weighted by Gasteiger charge is 2.23. The van der Waals surface area contributed by atoms with E-state index in [1.54, 1.807) is 0 Å². The maximum absolute atomic E-state index is 5.49. The summed E-state index contributed by atoms with van der Waals surface area (Å²) in [7, 11) is 0. The average Bonchev–Trinajstić information content (AvgIpc) is 3.59. The molecule has 1 aliphatic heterocycles. The van der Waals surface area contributed by atoms with Gasteiger partial charge in [-0.05, 0) is 30.9 Å². The van der Waals surface area contributed by atoms with Gasteiger partial charge in [0, 0.05) is 53.7 Å². The second-order valence-electron chi connectivity index (χ2n) is 8.69. The number of hydrogen-bond donors (Lipinski definition) is 0. The van der Waals surface area contributed by atoms with Gasteiger partial charge in [0.05, 0.1) is 18.6 Å². The topological polar surface area (TPSA) is 60.5 Å². The zero-order chi connectivity index (χ0) is 21.1. The summed E-state index contributed by atoms with van der Waals surface area (Å²) in [5, 5.41) is 7.27. The fourth-order valence-corrected chi connectivity index (χ4v) is 6.41. The van der Waals surface area contributed by atoms with E-state index in [0.717, 1.165) is 67.7 Å². The summed E-state index contributed by atoms with van der Waals surface area (Å²) in [6, 6.07) is 8.58. The van der Waals surface area contributed by atoms with Crippen LogP contribution in [0.1, 0.15) is 16.9 Å². The van der Waals surface area contributed by atoms with Gasteiger partial charge in [-0.2, -0.15) is 0 Å². The van der Waals surface area contributed by atoms with Crippen LogP contribution in [0.2, 0.25) is 0 Å². The van der Waals surface area contributed by atoms with Gasteiger partial charge in [-0.15, -0.1) is 16.4 Å². The Kier molecular flexibility index (Phi) is 4.31. The summed E-state index contributed by atoms with van der Waals surface area (Å²) in [4.78, 5) is 14.8. The van der Waals surface area contributed by atoms with Gasteiger partial charge in [0.25, 0.3) is 0 Å². The van der Waals surface area contributed by atoms with Crippen LogP contribution >= 0.6 is 11.3 Å². The zero-order valence-electron chi connectivity index (χ0n) is 17.8. The van der Waals surface area contributed by atoms with Crippen LogP contribution in [0.3, 0.4) is 0 Å². The number of para-hydroxylation sites is 1. The van der Waals surface area contributed by atoms with E-state index in [9.17, 15) is 0 Å². The third-order valence-electron chi connectivity index (χ3n) is 6.83. The zero-order valence-corrected chi connectivity index (χ0v) is 18.6. The predicted molar refractivity (Wildman–Crippen MR) is 126 cm³/mol. The van der Waals surface area contributed by atoms with Gasteiger partial charge in [-0.3, -0.25) is 4.90 Å². The van der Waals surface area contributed by atoms with Crippen LogP contribution < -0.4 is 0 Å². The highest BCUT2D eigenvalue weighted by Crippen LogP contribution is 2.38. The van der Waals surface area contributed by atoms with Crippen LogP contribution in [0.25, 0.3) is 38.2 Å². The summed E-state index contributed by atoms with van der Waals surface area (Å²) in [5.41, 5.74) is 4.70. The van der Waals surface area contributed by atoms with Crippen molar-refractivity contribution in [3.63, 3.8) is 0 Å². The molecule has 1 saturated heterocycles. The molecule has 0 spiro atoms. The van der Waals surface area contributed by atoms with E-state index in [1.807, 2.05) is 22.2 Å². The molecule has 1 aliphatic carbocycles. The van der Waals surface area contributed by atoms with Crippen LogP contribution in [0.15, 0.2) is 36.8 Å². The fraction of sp³-hybridized carbons (Fsp3) is 0.375. The molecule has 0 bridgehead atoms. The van der Waals surface area contributed by atoms with Crippen molar-refractivity contribution in [3.8, 4) is 11.4 Å². The minimum absolute atomic E-state index is 0.776. The lowest BCUT2D eigenvalue weighted by molar-refractivity contribution is 0.0365. The molecule has 7 nitrogen and oxygen atoms in total. The third-order valence-corrected chi connectivity index (χ3v) is 8.03. The number of hydrogen-bond acceptors (Lipinski definition) is 6. The van der Waals surface area contributed by atoms with Crippen molar-refractivity contribution in [2.45, 2.75) is 25.8 Å². The van der Waals surface area contributed by atoms with E-state index in [2.05, 4.69) is 44.9 Å². The highest BCUT2D eigenvalue weighted by atomic mass is 32.1. The second kappa shape index (κ2) is 7.37. The number of aromatic nitrogens is 5. The number of fused-ring (bicyclic) bond motifs is 6. The molecule has 2 aliphatic rings. The number of aryl methyl sites for hydroxylation is 2. The summed E-state index contributed by atoms with van der Waals surface area (Å²) in [5.74, 6) is 0.776. The first-order valence-corrected chi connectivity index (χ1v) is 12.2. The van der Waals surface area contributed by atoms with Crippen LogP contribution in [-0.4, -0.2) is 61.9 Å². The lowest BCUT2D eigenvalue weighted by Gasteiger charge is -2.26. The van der Waals surface area contributed by atoms with E-state index < -0.39 is 0 Å². The van der Waals surface area contributed by atoms with Gasteiger partial charge >= 0.3 is 0 Å². The molecular formula is C24H24N6OS. The number of rotatable bonds is 4. The Morgan fingerprint density at radius 1 is 1.06 bits per heavy atom. The molecule has 5 aromatic rings. The van der Waals surface area contributed by atoms with Gasteiger partial charge in [0.1, 0.15) is 11.2 Å². The summed E-state index contributed by atoms with van der Waals surface area (Å²) >= 11 is 1.82. The molecule has 0 amide bonds. The largest absolute Gasteiger partial charge is 0.379 e. The van der Waals surface area contributed by atoms with Gasteiger partial charge < -0.3 is 9.30 Å². The molecule has 0 saturated carbocycles. The Hall–Kier alpha value is -2.81. The molecule has 4 aromatic heterocycles. The summed E-state index contributed by atoms with van der Waals surface area (Å²) < 4.78 is 9.71. The van der Waals surface area contributed by atoms with Crippen molar-refractivity contribution in [1.29, 1.82) is 0 Å². The third kappa shape index (κ3) is 2.90. The Balaban J connectivity index is 1.32. The van der Waals surface area contributed by atoms with Crippen molar-refractivity contribution in [2.24, 2.45) is 0 Å². The van der Waals surface area contributed by atoms with Crippen LogP contribution in [0.4, 0.5) is 0 Å². The van der Waals surface area contributed by atoms with E-state index in [1.165, 1.54) is 39.6 Å². The molecule has 162 valence electrons. The van der Waals surface area contributed by atoms with Gasteiger partial charge in [-0.25, -0.2) is 14.5 Å². The Morgan fingerprint density at radius 2 is 1.97 bits per heavy atom. The fourth-order valence-electron chi connectivity index (χ4n) is 5.19. The lowest BCUT2D eigenvalue weighted by Crippen LogP contribution is -2.38. The monoisotopic (exact) mass is 444 g/mol. The first-order valence-electron chi connectivity index (χ1n) is 11.4. The smallest absolute Gasteiger partial charge is 0.184 e. The van der Waals surface area contributed by atoms with E-state index in [4.69, 9.17) is 14.8 Å². The predicted octanol–water partition coefficient (Wildman–Crippen LogP) is 3.78. The van der Waals surface area contributed by atoms with E-state index in [0.29, 0.717) is 0 Å². The van der Waals surface area contributed by atoms with Crippen molar-refractivity contribution in [2.75, 3.05) is 32.8 Å². The first-order chi connectivity index (χ1) is 15.8. The van der Waals surface area contributed by atoms with Crippen molar-refractivity contribution >= 4 is 38.1 Å². The van der Waals surface area contributed by atoms with E-state index in [-0.39, 0.29) is 0 Å². The molecule has 8 heteroatoms. The van der Waals surface area contributed by atoms with E-state index >= 15 is 0 Å². The van der Waals surface area contributed by atoms with Crippen molar-refractivity contribution < 1.29 is 4.74 Å². The number of morpholine rings is 1. The number of thiophene rings is 1. The first kappa shape index (κ1) is 18.7. The Labute approximate surface area is 189 Å². The van der Waals surface area contributed by atoms with Crippen LogP contribution in [0, 0.1) is 0 Å². The molecule has 7 rings (SSSR count). The molecule has 0 radical (unpaired) electrons. The Morgan fingerprint density at radius 3 is 2.91 bits per heavy atom. The van der Waals surface area contributed by atoms with Crippen LogP contribution in [0.5, 0.6) is 0 Å². The average molecular weight is 445 g/mol. The minimum atomic E-state index is 0.776. The highest BCUT2D eigenvalue weighted by molar-refractivity contribution is 7.19. The molecule has 0 unspecified atom stereocenters. The van der Waals surface area contributed by atoms with Crippen molar-refractivity contribution in [3.05, 3.63) is 47.2 Å². The van der Waals surface area contributed by atoms with Crippen LogP contribution in [-0.2, 0) is 24.1 Å².